The van der Waals surface area contributed by atoms with Crippen LogP contribution in [0.1, 0.15) is 19.3 Å². The standard InChI is InChI=1S/C7H17NOS/c1-10-6-2-3-7(9)4-5-8/h7,9H,2-6,8H2,1H3. The molecule has 0 aromatic carbocycles. The minimum atomic E-state index is -0.169. The van der Waals surface area contributed by atoms with Gasteiger partial charge in [0.2, 0.25) is 0 Å². The Bertz CT molecular complexity index is 70.6. The van der Waals surface area contributed by atoms with Crippen molar-refractivity contribution in [3.63, 3.8) is 0 Å². The smallest absolute Gasteiger partial charge is 0.0552 e. The lowest BCUT2D eigenvalue weighted by Crippen LogP contribution is -2.13. The molecule has 0 aromatic heterocycles. The Morgan fingerprint density at radius 2 is 2.20 bits per heavy atom. The van der Waals surface area contributed by atoms with E-state index in [-0.39, 0.29) is 6.10 Å². The van der Waals surface area contributed by atoms with E-state index in [1.54, 1.807) is 0 Å². The maximum atomic E-state index is 9.19. The third-order valence-corrected chi connectivity index (χ3v) is 2.08. The van der Waals surface area contributed by atoms with E-state index in [2.05, 4.69) is 6.26 Å². The van der Waals surface area contributed by atoms with Gasteiger partial charge in [-0.2, -0.15) is 11.8 Å². The number of thioether (sulfide) groups is 1. The highest BCUT2D eigenvalue weighted by atomic mass is 32.2. The maximum Gasteiger partial charge on any atom is 0.0552 e. The Morgan fingerprint density at radius 1 is 1.50 bits per heavy atom. The molecule has 0 saturated carbocycles. The summed E-state index contributed by atoms with van der Waals surface area (Å²) in [5.41, 5.74) is 5.27. The first-order chi connectivity index (χ1) is 4.81. The number of aliphatic hydroxyl groups is 1. The van der Waals surface area contributed by atoms with Gasteiger partial charge in [-0.3, -0.25) is 0 Å². The molecular formula is C7H17NOS. The summed E-state index contributed by atoms with van der Waals surface area (Å²) in [4.78, 5) is 0. The van der Waals surface area contributed by atoms with E-state index in [1.807, 2.05) is 11.8 Å². The number of nitrogens with two attached hydrogens (primary N) is 1. The second kappa shape index (κ2) is 7.38. The molecule has 0 aromatic rings. The Hall–Kier alpha value is 0.270. The van der Waals surface area contributed by atoms with E-state index >= 15 is 0 Å². The molecule has 0 aliphatic carbocycles. The molecule has 0 radical (unpaired) electrons. The Balaban J connectivity index is 2.97. The molecule has 0 rings (SSSR count). The highest BCUT2D eigenvalue weighted by Crippen LogP contribution is 2.04. The number of hydrogen-bond acceptors (Lipinski definition) is 3. The van der Waals surface area contributed by atoms with E-state index in [4.69, 9.17) is 5.73 Å². The van der Waals surface area contributed by atoms with Crippen molar-refractivity contribution in [2.45, 2.75) is 25.4 Å². The van der Waals surface area contributed by atoms with E-state index < -0.39 is 0 Å². The zero-order valence-electron chi connectivity index (χ0n) is 6.55. The second-order valence-corrected chi connectivity index (χ2v) is 3.35. The summed E-state index contributed by atoms with van der Waals surface area (Å²) in [6, 6.07) is 0. The highest BCUT2D eigenvalue weighted by molar-refractivity contribution is 7.98. The van der Waals surface area contributed by atoms with Crippen LogP contribution in [0.3, 0.4) is 0 Å². The van der Waals surface area contributed by atoms with Gasteiger partial charge < -0.3 is 10.8 Å². The van der Waals surface area contributed by atoms with Crippen LogP contribution >= 0.6 is 11.8 Å². The quantitative estimate of drug-likeness (QED) is 0.570. The summed E-state index contributed by atoms with van der Waals surface area (Å²) < 4.78 is 0. The lowest BCUT2D eigenvalue weighted by atomic mass is 10.1. The minimum absolute atomic E-state index is 0.169. The Labute approximate surface area is 67.2 Å². The summed E-state index contributed by atoms with van der Waals surface area (Å²) in [5, 5.41) is 9.19. The molecule has 62 valence electrons. The molecule has 10 heavy (non-hydrogen) atoms. The SMILES string of the molecule is CSCCCC(O)CCN. The largest absolute Gasteiger partial charge is 0.393 e. The monoisotopic (exact) mass is 163 g/mol. The van der Waals surface area contributed by atoms with E-state index in [1.165, 1.54) is 0 Å². The summed E-state index contributed by atoms with van der Waals surface area (Å²) in [6.07, 6.45) is 4.65. The number of rotatable bonds is 6. The van der Waals surface area contributed by atoms with Gasteiger partial charge in [0.15, 0.2) is 0 Å². The van der Waals surface area contributed by atoms with Crippen molar-refractivity contribution >= 4 is 11.8 Å². The summed E-state index contributed by atoms with van der Waals surface area (Å²) >= 11 is 1.82. The fraction of sp³-hybridized carbons (Fsp3) is 1.00. The molecule has 0 bridgehead atoms. The molecule has 0 heterocycles. The minimum Gasteiger partial charge on any atom is -0.393 e. The number of hydrogen-bond donors (Lipinski definition) is 2. The number of aliphatic hydroxyl groups excluding tert-OH is 1. The molecule has 2 nitrogen and oxygen atoms in total. The zero-order valence-corrected chi connectivity index (χ0v) is 7.36. The van der Waals surface area contributed by atoms with Gasteiger partial charge in [-0.05, 0) is 37.8 Å². The van der Waals surface area contributed by atoms with Gasteiger partial charge in [0.05, 0.1) is 6.10 Å². The van der Waals surface area contributed by atoms with Gasteiger partial charge in [0, 0.05) is 0 Å². The van der Waals surface area contributed by atoms with Gasteiger partial charge in [-0.1, -0.05) is 0 Å². The van der Waals surface area contributed by atoms with Crippen molar-refractivity contribution in [3.05, 3.63) is 0 Å². The van der Waals surface area contributed by atoms with Gasteiger partial charge in [0.1, 0.15) is 0 Å². The zero-order chi connectivity index (χ0) is 7.82. The fourth-order valence-corrected chi connectivity index (χ4v) is 1.26. The molecule has 1 atom stereocenters. The van der Waals surface area contributed by atoms with Crippen molar-refractivity contribution in [2.75, 3.05) is 18.6 Å². The second-order valence-electron chi connectivity index (χ2n) is 2.37. The van der Waals surface area contributed by atoms with Crippen LogP contribution in [0.4, 0.5) is 0 Å². The lowest BCUT2D eigenvalue weighted by molar-refractivity contribution is 0.156. The molecular weight excluding hydrogens is 146 g/mol. The molecule has 0 spiro atoms. The predicted molar refractivity (Wildman–Crippen MR) is 47.3 cm³/mol. The lowest BCUT2D eigenvalue weighted by Gasteiger charge is -2.06. The fourth-order valence-electron chi connectivity index (χ4n) is 0.800. The molecule has 0 aliphatic rings. The topological polar surface area (TPSA) is 46.2 Å². The first-order valence-corrected chi connectivity index (χ1v) is 5.07. The molecule has 1 unspecified atom stereocenters. The molecule has 0 aliphatic heterocycles. The highest BCUT2D eigenvalue weighted by Gasteiger charge is 2.00. The molecule has 3 heteroatoms. The summed E-state index contributed by atoms with van der Waals surface area (Å²) in [7, 11) is 0. The first kappa shape index (κ1) is 10.3. The van der Waals surface area contributed by atoms with Gasteiger partial charge in [0.25, 0.3) is 0 Å². The first-order valence-electron chi connectivity index (χ1n) is 3.68. The van der Waals surface area contributed by atoms with Crippen molar-refractivity contribution in [2.24, 2.45) is 5.73 Å². The van der Waals surface area contributed by atoms with Crippen LogP contribution in [0.15, 0.2) is 0 Å². The van der Waals surface area contributed by atoms with Crippen molar-refractivity contribution in [3.8, 4) is 0 Å². The van der Waals surface area contributed by atoms with Crippen LogP contribution in [0.5, 0.6) is 0 Å². The van der Waals surface area contributed by atoms with Crippen LogP contribution in [-0.4, -0.2) is 29.8 Å². The van der Waals surface area contributed by atoms with Crippen LogP contribution in [0.2, 0.25) is 0 Å². The van der Waals surface area contributed by atoms with Crippen LogP contribution < -0.4 is 5.73 Å². The van der Waals surface area contributed by atoms with Crippen molar-refractivity contribution in [1.29, 1.82) is 0 Å². The molecule has 3 N–H and O–H groups in total. The van der Waals surface area contributed by atoms with Crippen LogP contribution in [0.25, 0.3) is 0 Å². The molecule has 0 amide bonds. The Kier molecular flexibility index (Phi) is 7.58. The average Bonchev–Trinajstić information content (AvgIpc) is 1.89. The average molecular weight is 163 g/mol. The Morgan fingerprint density at radius 3 is 2.70 bits per heavy atom. The van der Waals surface area contributed by atoms with Gasteiger partial charge >= 0.3 is 0 Å². The molecule has 0 fully saturated rings. The van der Waals surface area contributed by atoms with E-state index in [0.29, 0.717) is 6.54 Å². The third-order valence-electron chi connectivity index (χ3n) is 1.39. The van der Waals surface area contributed by atoms with E-state index in [9.17, 15) is 5.11 Å². The predicted octanol–water partition coefficient (Wildman–Crippen LogP) is 0.839. The maximum absolute atomic E-state index is 9.19. The molecule has 0 saturated heterocycles. The van der Waals surface area contributed by atoms with Crippen molar-refractivity contribution in [1.82, 2.24) is 0 Å². The third kappa shape index (κ3) is 6.39. The van der Waals surface area contributed by atoms with Gasteiger partial charge in [-0.25, -0.2) is 0 Å². The van der Waals surface area contributed by atoms with Crippen LogP contribution in [-0.2, 0) is 0 Å². The normalized spacial score (nSPS) is 13.5. The van der Waals surface area contributed by atoms with E-state index in [0.717, 1.165) is 25.0 Å². The van der Waals surface area contributed by atoms with Crippen molar-refractivity contribution < 1.29 is 5.11 Å². The van der Waals surface area contributed by atoms with Gasteiger partial charge in [-0.15, -0.1) is 0 Å². The summed E-state index contributed by atoms with van der Waals surface area (Å²) in [5.74, 6) is 1.14. The summed E-state index contributed by atoms with van der Waals surface area (Å²) in [6.45, 7) is 0.598. The van der Waals surface area contributed by atoms with Crippen LogP contribution in [0, 0.1) is 0 Å².